The maximum absolute atomic E-state index is 5.33. The quantitative estimate of drug-likeness (QED) is 0.853. The van der Waals surface area contributed by atoms with Gasteiger partial charge in [0.15, 0.2) is 0 Å². The van der Waals surface area contributed by atoms with Gasteiger partial charge in [0.25, 0.3) is 0 Å². The van der Waals surface area contributed by atoms with Crippen molar-refractivity contribution in [2.45, 2.75) is 32.9 Å². The molecule has 0 spiro atoms. The van der Waals surface area contributed by atoms with Crippen LogP contribution in [0.25, 0.3) is 10.9 Å². The summed E-state index contributed by atoms with van der Waals surface area (Å²) in [5.74, 6) is 0.893. The van der Waals surface area contributed by atoms with Gasteiger partial charge in [-0.3, -0.25) is 0 Å². The van der Waals surface area contributed by atoms with Gasteiger partial charge in [-0.2, -0.15) is 0 Å². The number of rotatable bonds is 3. The Morgan fingerprint density at radius 1 is 1.29 bits per heavy atom. The molecule has 0 atom stereocenters. The minimum absolute atomic E-state index is 0.126. The van der Waals surface area contributed by atoms with Crippen LogP contribution in [0.5, 0.6) is 5.75 Å². The number of ether oxygens (including phenoxy) is 1. The summed E-state index contributed by atoms with van der Waals surface area (Å²) in [5, 5.41) is 4.65. The highest BCUT2D eigenvalue weighted by molar-refractivity contribution is 5.86. The second-order valence-corrected chi connectivity index (χ2v) is 5.32. The third-order valence-electron chi connectivity index (χ3n) is 2.70. The molecule has 92 valence electrons. The van der Waals surface area contributed by atoms with E-state index in [2.05, 4.69) is 43.2 Å². The zero-order chi connectivity index (χ0) is 12.5. The van der Waals surface area contributed by atoms with Crippen LogP contribution in [-0.2, 0) is 6.54 Å². The fourth-order valence-electron chi connectivity index (χ4n) is 1.81. The number of hydrogen-bond donors (Lipinski definition) is 2. The smallest absolute Gasteiger partial charge is 0.142 e. The molecule has 0 bridgehead atoms. The largest absolute Gasteiger partial charge is 0.495 e. The maximum atomic E-state index is 5.33. The molecule has 2 N–H and O–H groups in total. The van der Waals surface area contributed by atoms with Crippen molar-refractivity contribution >= 4 is 10.9 Å². The molecule has 1 aromatic heterocycles. The topological polar surface area (TPSA) is 37.0 Å². The SMILES string of the molecule is COc1cccc2cc(CNC(C)(C)C)[nH]c12. The zero-order valence-corrected chi connectivity index (χ0v) is 10.9. The first kappa shape index (κ1) is 12.0. The van der Waals surface area contributed by atoms with Gasteiger partial charge in [0.2, 0.25) is 0 Å². The average molecular weight is 232 g/mol. The average Bonchev–Trinajstić information content (AvgIpc) is 2.67. The predicted octanol–water partition coefficient (Wildman–Crippen LogP) is 3.06. The van der Waals surface area contributed by atoms with E-state index in [1.165, 1.54) is 11.1 Å². The summed E-state index contributed by atoms with van der Waals surface area (Å²) < 4.78 is 5.33. The number of benzene rings is 1. The van der Waals surface area contributed by atoms with Gasteiger partial charge < -0.3 is 15.0 Å². The number of H-pyrrole nitrogens is 1. The number of hydrogen-bond acceptors (Lipinski definition) is 2. The Morgan fingerprint density at radius 3 is 2.71 bits per heavy atom. The number of methoxy groups -OCH3 is 1. The lowest BCUT2D eigenvalue weighted by atomic mass is 10.1. The summed E-state index contributed by atoms with van der Waals surface area (Å²) in [4.78, 5) is 3.40. The second kappa shape index (κ2) is 4.41. The Bertz CT molecular complexity index is 508. The number of aromatic amines is 1. The van der Waals surface area contributed by atoms with E-state index >= 15 is 0 Å². The molecule has 0 saturated carbocycles. The van der Waals surface area contributed by atoms with Gasteiger partial charge in [-0.25, -0.2) is 0 Å². The Kier molecular flexibility index (Phi) is 3.11. The van der Waals surface area contributed by atoms with Crippen LogP contribution in [-0.4, -0.2) is 17.6 Å². The van der Waals surface area contributed by atoms with Crippen LogP contribution < -0.4 is 10.1 Å². The van der Waals surface area contributed by atoms with Gasteiger partial charge in [-0.15, -0.1) is 0 Å². The summed E-state index contributed by atoms with van der Waals surface area (Å²) in [6.45, 7) is 7.32. The zero-order valence-electron chi connectivity index (χ0n) is 10.9. The summed E-state index contributed by atoms with van der Waals surface area (Å²) in [5.41, 5.74) is 2.38. The third kappa shape index (κ3) is 2.80. The standard InChI is InChI=1S/C14H20N2O/c1-14(2,3)15-9-11-8-10-6-5-7-12(17-4)13(10)16-11/h5-8,15-16H,9H2,1-4H3. The van der Waals surface area contributed by atoms with Gasteiger partial charge in [0.05, 0.1) is 12.6 Å². The van der Waals surface area contributed by atoms with Crippen LogP contribution in [0.15, 0.2) is 24.3 Å². The first-order chi connectivity index (χ1) is 7.99. The Balaban J connectivity index is 2.26. The van der Waals surface area contributed by atoms with Crippen molar-refractivity contribution in [3.05, 3.63) is 30.0 Å². The molecule has 1 aromatic carbocycles. The minimum atomic E-state index is 0.126. The van der Waals surface area contributed by atoms with E-state index in [9.17, 15) is 0 Å². The van der Waals surface area contributed by atoms with E-state index in [1.807, 2.05) is 12.1 Å². The molecular weight excluding hydrogens is 212 g/mol. The fourth-order valence-corrected chi connectivity index (χ4v) is 1.81. The molecule has 0 radical (unpaired) electrons. The van der Waals surface area contributed by atoms with E-state index in [0.29, 0.717) is 0 Å². The molecule has 0 aliphatic carbocycles. The van der Waals surface area contributed by atoms with Crippen LogP contribution >= 0.6 is 0 Å². The Hall–Kier alpha value is -1.48. The highest BCUT2D eigenvalue weighted by Gasteiger charge is 2.10. The van der Waals surface area contributed by atoms with Gasteiger partial charge in [-0.05, 0) is 32.9 Å². The van der Waals surface area contributed by atoms with Crippen molar-refractivity contribution in [1.82, 2.24) is 10.3 Å². The summed E-state index contributed by atoms with van der Waals surface area (Å²) in [7, 11) is 1.70. The number of para-hydroxylation sites is 1. The van der Waals surface area contributed by atoms with Gasteiger partial charge >= 0.3 is 0 Å². The summed E-state index contributed by atoms with van der Waals surface area (Å²) in [6, 6.07) is 8.24. The second-order valence-electron chi connectivity index (χ2n) is 5.32. The number of fused-ring (bicyclic) bond motifs is 1. The van der Waals surface area contributed by atoms with E-state index in [0.717, 1.165) is 17.8 Å². The molecular formula is C14H20N2O. The van der Waals surface area contributed by atoms with Crippen molar-refractivity contribution in [1.29, 1.82) is 0 Å². The molecule has 2 aromatic rings. The minimum Gasteiger partial charge on any atom is -0.495 e. The molecule has 0 unspecified atom stereocenters. The molecule has 3 heteroatoms. The molecule has 2 rings (SSSR count). The molecule has 0 saturated heterocycles. The molecule has 0 aliphatic rings. The van der Waals surface area contributed by atoms with Gasteiger partial charge in [0.1, 0.15) is 5.75 Å². The van der Waals surface area contributed by atoms with Crippen LogP contribution in [0.2, 0.25) is 0 Å². The molecule has 17 heavy (non-hydrogen) atoms. The lowest BCUT2D eigenvalue weighted by Gasteiger charge is -2.19. The Morgan fingerprint density at radius 2 is 2.06 bits per heavy atom. The van der Waals surface area contributed by atoms with Crippen LogP contribution in [0.4, 0.5) is 0 Å². The molecule has 0 fully saturated rings. The summed E-state index contributed by atoms with van der Waals surface area (Å²) in [6.07, 6.45) is 0. The van der Waals surface area contributed by atoms with E-state index in [-0.39, 0.29) is 5.54 Å². The lowest BCUT2D eigenvalue weighted by Crippen LogP contribution is -2.35. The van der Waals surface area contributed by atoms with Crippen molar-refractivity contribution in [3.63, 3.8) is 0 Å². The predicted molar refractivity (Wildman–Crippen MR) is 71.4 cm³/mol. The lowest BCUT2D eigenvalue weighted by molar-refractivity contribution is 0.417. The Labute approximate surface area is 102 Å². The maximum Gasteiger partial charge on any atom is 0.142 e. The first-order valence-electron chi connectivity index (χ1n) is 5.89. The van der Waals surface area contributed by atoms with Crippen LogP contribution in [0.3, 0.4) is 0 Å². The van der Waals surface area contributed by atoms with E-state index in [4.69, 9.17) is 4.74 Å². The first-order valence-corrected chi connectivity index (χ1v) is 5.89. The van der Waals surface area contributed by atoms with Crippen molar-refractivity contribution < 1.29 is 4.74 Å². The van der Waals surface area contributed by atoms with Crippen LogP contribution in [0, 0.1) is 0 Å². The monoisotopic (exact) mass is 232 g/mol. The van der Waals surface area contributed by atoms with Crippen molar-refractivity contribution in [2.75, 3.05) is 7.11 Å². The van der Waals surface area contributed by atoms with Crippen molar-refractivity contribution in [3.8, 4) is 5.75 Å². The normalized spacial score (nSPS) is 12.0. The van der Waals surface area contributed by atoms with Gasteiger partial charge in [-0.1, -0.05) is 12.1 Å². The molecule has 3 nitrogen and oxygen atoms in total. The van der Waals surface area contributed by atoms with Gasteiger partial charge in [0, 0.05) is 23.2 Å². The highest BCUT2D eigenvalue weighted by atomic mass is 16.5. The number of nitrogens with one attached hydrogen (secondary N) is 2. The van der Waals surface area contributed by atoms with E-state index < -0.39 is 0 Å². The van der Waals surface area contributed by atoms with E-state index in [1.54, 1.807) is 7.11 Å². The van der Waals surface area contributed by atoms with Crippen molar-refractivity contribution in [2.24, 2.45) is 0 Å². The van der Waals surface area contributed by atoms with Crippen LogP contribution in [0.1, 0.15) is 26.5 Å². The summed E-state index contributed by atoms with van der Waals surface area (Å²) >= 11 is 0. The molecule has 0 amide bonds. The third-order valence-corrected chi connectivity index (χ3v) is 2.70. The highest BCUT2D eigenvalue weighted by Crippen LogP contribution is 2.25. The molecule has 0 aliphatic heterocycles. The molecule has 1 heterocycles. The fraction of sp³-hybridized carbons (Fsp3) is 0.429. The number of aromatic nitrogens is 1.